The van der Waals surface area contributed by atoms with E-state index in [1.54, 1.807) is 0 Å². The summed E-state index contributed by atoms with van der Waals surface area (Å²) >= 11 is 5.70. The van der Waals surface area contributed by atoms with Crippen LogP contribution in [0.15, 0.2) is 0 Å². The molecule has 17 heavy (non-hydrogen) atoms. The highest BCUT2D eigenvalue weighted by Crippen LogP contribution is 2.15. The summed E-state index contributed by atoms with van der Waals surface area (Å²) in [6.45, 7) is 2.90. The molecule has 0 aliphatic carbocycles. The molecule has 1 atom stereocenters. The lowest BCUT2D eigenvalue weighted by atomic mass is 10.3. The van der Waals surface area contributed by atoms with E-state index in [0.29, 0.717) is 51.9 Å². The number of ether oxygens (including phenoxy) is 2. The molecule has 0 radical (unpaired) electrons. The predicted molar refractivity (Wildman–Crippen MR) is 63.3 cm³/mol. The third-order valence-corrected chi connectivity index (χ3v) is 5.24. The quantitative estimate of drug-likeness (QED) is 0.656. The van der Waals surface area contributed by atoms with E-state index in [-0.39, 0.29) is 6.10 Å². The maximum Gasteiger partial charge on any atom is 0.282 e. The summed E-state index contributed by atoms with van der Waals surface area (Å²) in [5, 5.41) is 0. The molecule has 6 nitrogen and oxygen atoms in total. The van der Waals surface area contributed by atoms with Gasteiger partial charge in [0.2, 0.25) is 0 Å². The molecule has 0 bridgehead atoms. The number of halogens is 1. The van der Waals surface area contributed by atoms with Crippen LogP contribution in [0.2, 0.25) is 0 Å². The molecule has 2 aliphatic heterocycles. The Bertz CT molecular complexity index is 345. The van der Waals surface area contributed by atoms with Gasteiger partial charge < -0.3 is 9.47 Å². The number of hydrogen-bond donors (Lipinski definition) is 0. The van der Waals surface area contributed by atoms with Gasteiger partial charge in [-0.05, 0) is 0 Å². The van der Waals surface area contributed by atoms with Crippen molar-refractivity contribution in [3.8, 4) is 0 Å². The zero-order valence-corrected chi connectivity index (χ0v) is 11.1. The van der Waals surface area contributed by atoms with Crippen molar-refractivity contribution in [3.05, 3.63) is 0 Å². The molecule has 2 aliphatic rings. The Morgan fingerprint density at radius 1 is 1.12 bits per heavy atom. The highest BCUT2D eigenvalue weighted by Gasteiger charge is 2.34. The van der Waals surface area contributed by atoms with E-state index in [1.165, 1.54) is 8.61 Å². The molecule has 0 aromatic carbocycles. The van der Waals surface area contributed by atoms with Gasteiger partial charge >= 0.3 is 0 Å². The minimum Gasteiger partial charge on any atom is -0.379 e. The summed E-state index contributed by atoms with van der Waals surface area (Å²) in [6, 6.07) is 0. The Labute approximate surface area is 107 Å². The second kappa shape index (κ2) is 5.81. The van der Waals surface area contributed by atoms with Gasteiger partial charge in [-0.2, -0.15) is 17.0 Å². The van der Waals surface area contributed by atoms with Crippen LogP contribution in [-0.4, -0.2) is 75.0 Å². The lowest BCUT2D eigenvalue weighted by molar-refractivity contribution is 0.00774. The van der Waals surface area contributed by atoms with E-state index in [4.69, 9.17) is 21.1 Å². The van der Waals surface area contributed by atoms with Crippen LogP contribution < -0.4 is 0 Å². The standard InChI is InChI=1S/C9H17ClN2O4S/c10-7-9-8-12(3-6-16-9)17(13,14)11-1-4-15-5-2-11/h9H,1-8H2. The van der Waals surface area contributed by atoms with E-state index in [9.17, 15) is 8.42 Å². The van der Waals surface area contributed by atoms with Crippen molar-refractivity contribution in [2.45, 2.75) is 6.10 Å². The molecule has 0 spiro atoms. The van der Waals surface area contributed by atoms with Crippen molar-refractivity contribution in [2.24, 2.45) is 0 Å². The fourth-order valence-electron chi connectivity index (χ4n) is 1.94. The largest absolute Gasteiger partial charge is 0.379 e. The van der Waals surface area contributed by atoms with Gasteiger partial charge in [-0.25, -0.2) is 0 Å². The van der Waals surface area contributed by atoms with Gasteiger partial charge in [0.15, 0.2) is 0 Å². The summed E-state index contributed by atoms with van der Waals surface area (Å²) in [5.41, 5.74) is 0. The van der Waals surface area contributed by atoms with Crippen molar-refractivity contribution >= 4 is 21.8 Å². The minimum absolute atomic E-state index is 0.207. The highest BCUT2D eigenvalue weighted by atomic mass is 35.5. The first kappa shape index (κ1) is 13.5. The van der Waals surface area contributed by atoms with Crippen LogP contribution in [0.25, 0.3) is 0 Å². The Morgan fingerprint density at radius 3 is 2.41 bits per heavy atom. The van der Waals surface area contributed by atoms with Gasteiger partial charge in [0, 0.05) is 32.1 Å². The van der Waals surface area contributed by atoms with E-state index >= 15 is 0 Å². The molecule has 1 unspecified atom stereocenters. The lowest BCUT2D eigenvalue weighted by Crippen LogP contribution is -2.53. The van der Waals surface area contributed by atoms with Crippen LogP contribution in [0.5, 0.6) is 0 Å². The number of rotatable bonds is 3. The first-order chi connectivity index (χ1) is 8.14. The average Bonchev–Trinajstić information content (AvgIpc) is 2.40. The molecule has 2 rings (SSSR count). The van der Waals surface area contributed by atoms with E-state index < -0.39 is 10.2 Å². The SMILES string of the molecule is O=S(=O)(N1CCOCC1)N1CCOC(CCl)C1. The summed E-state index contributed by atoms with van der Waals surface area (Å²) in [5.74, 6) is 0.315. The molecule has 2 fully saturated rings. The molecule has 0 saturated carbocycles. The molecule has 0 N–H and O–H groups in total. The van der Waals surface area contributed by atoms with Gasteiger partial charge in [0.05, 0.1) is 25.9 Å². The van der Waals surface area contributed by atoms with Gasteiger partial charge in [-0.1, -0.05) is 0 Å². The Hall–Kier alpha value is 0.0800. The number of alkyl halides is 1. The number of nitrogens with zero attached hydrogens (tertiary/aromatic N) is 2. The fraction of sp³-hybridized carbons (Fsp3) is 1.00. The monoisotopic (exact) mass is 284 g/mol. The third-order valence-electron chi connectivity index (χ3n) is 2.90. The fourth-order valence-corrected chi connectivity index (χ4v) is 3.72. The molecule has 0 aromatic heterocycles. The van der Waals surface area contributed by atoms with Crippen LogP contribution in [0.1, 0.15) is 0 Å². The van der Waals surface area contributed by atoms with E-state index in [1.807, 2.05) is 0 Å². The van der Waals surface area contributed by atoms with Crippen LogP contribution >= 0.6 is 11.6 Å². The molecule has 8 heteroatoms. The highest BCUT2D eigenvalue weighted by molar-refractivity contribution is 7.86. The van der Waals surface area contributed by atoms with Crippen molar-refractivity contribution in [2.75, 3.05) is 51.9 Å². The van der Waals surface area contributed by atoms with Gasteiger partial charge in [0.1, 0.15) is 0 Å². The number of hydrogen-bond acceptors (Lipinski definition) is 4. The predicted octanol–water partition coefficient (Wildman–Crippen LogP) is -0.497. The first-order valence-corrected chi connectivity index (χ1v) is 7.58. The Kier molecular flexibility index (Phi) is 4.62. The van der Waals surface area contributed by atoms with Crippen molar-refractivity contribution in [3.63, 3.8) is 0 Å². The smallest absolute Gasteiger partial charge is 0.282 e. The molecule has 100 valence electrons. The molecular formula is C9H17ClN2O4S. The van der Waals surface area contributed by atoms with Gasteiger partial charge in [0.25, 0.3) is 10.2 Å². The topological polar surface area (TPSA) is 59.1 Å². The number of morpholine rings is 2. The molecule has 0 amide bonds. The summed E-state index contributed by atoms with van der Waals surface area (Å²) < 4.78 is 38.0. The maximum absolute atomic E-state index is 12.3. The van der Waals surface area contributed by atoms with Crippen LogP contribution in [0, 0.1) is 0 Å². The van der Waals surface area contributed by atoms with Crippen LogP contribution in [0.3, 0.4) is 0 Å². The van der Waals surface area contributed by atoms with E-state index in [2.05, 4.69) is 0 Å². The summed E-state index contributed by atoms with van der Waals surface area (Å²) in [4.78, 5) is 0. The van der Waals surface area contributed by atoms with Gasteiger partial charge in [-0.15, -0.1) is 11.6 Å². The zero-order valence-electron chi connectivity index (χ0n) is 9.55. The zero-order chi connectivity index (χ0) is 12.3. The molecular weight excluding hydrogens is 268 g/mol. The molecule has 2 saturated heterocycles. The average molecular weight is 285 g/mol. The summed E-state index contributed by atoms with van der Waals surface area (Å²) in [7, 11) is -3.38. The second-order valence-electron chi connectivity index (χ2n) is 4.02. The van der Waals surface area contributed by atoms with Crippen molar-refractivity contribution in [1.82, 2.24) is 8.61 Å². The van der Waals surface area contributed by atoms with E-state index in [0.717, 1.165) is 0 Å². The Balaban J connectivity index is 2.03. The van der Waals surface area contributed by atoms with Crippen molar-refractivity contribution < 1.29 is 17.9 Å². The van der Waals surface area contributed by atoms with Crippen LogP contribution in [-0.2, 0) is 19.7 Å². The molecule has 2 heterocycles. The maximum atomic E-state index is 12.3. The van der Waals surface area contributed by atoms with Crippen LogP contribution in [0.4, 0.5) is 0 Å². The normalized spacial score (nSPS) is 29.4. The first-order valence-electron chi connectivity index (χ1n) is 5.65. The van der Waals surface area contributed by atoms with Gasteiger partial charge in [-0.3, -0.25) is 0 Å². The summed E-state index contributed by atoms with van der Waals surface area (Å²) in [6.07, 6.45) is -0.207. The third kappa shape index (κ3) is 3.10. The second-order valence-corrected chi connectivity index (χ2v) is 6.26. The molecule has 0 aromatic rings. The Morgan fingerprint density at radius 2 is 1.76 bits per heavy atom. The minimum atomic E-state index is -3.38. The lowest BCUT2D eigenvalue weighted by Gasteiger charge is -2.36. The van der Waals surface area contributed by atoms with Crippen molar-refractivity contribution in [1.29, 1.82) is 0 Å².